The van der Waals surface area contributed by atoms with Crippen molar-refractivity contribution in [2.45, 2.75) is 6.92 Å². The van der Waals surface area contributed by atoms with Gasteiger partial charge < -0.3 is 20.8 Å². The van der Waals surface area contributed by atoms with Gasteiger partial charge in [0.25, 0.3) is 0 Å². The minimum atomic E-state index is 0.0532. The van der Waals surface area contributed by atoms with Crippen molar-refractivity contribution in [2.24, 2.45) is 0 Å². The van der Waals surface area contributed by atoms with Crippen molar-refractivity contribution in [3.8, 4) is 11.1 Å². The topological polar surface area (TPSA) is 69.7 Å². The van der Waals surface area contributed by atoms with E-state index in [1.54, 1.807) is 11.3 Å². The van der Waals surface area contributed by atoms with Crippen molar-refractivity contribution in [2.75, 3.05) is 36.9 Å². The van der Waals surface area contributed by atoms with Crippen molar-refractivity contribution in [3.63, 3.8) is 0 Å². The number of nitrogen functional groups attached to an aromatic ring is 1. The molecular weight excluding hydrogens is 272 g/mol. The first-order chi connectivity index (χ1) is 9.67. The van der Waals surface area contributed by atoms with Crippen LogP contribution in [0.25, 0.3) is 11.1 Å². The van der Waals surface area contributed by atoms with Crippen LogP contribution < -0.4 is 10.6 Å². The number of nitrogens with two attached hydrogens (primary N) is 1. The Balaban J connectivity index is 2.44. The van der Waals surface area contributed by atoms with Crippen LogP contribution in [0.1, 0.15) is 5.56 Å². The molecule has 0 aliphatic rings. The molecule has 0 aliphatic carbocycles. The lowest BCUT2D eigenvalue weighted by molar-refractivity contribution is 0.281. The van der Waals surface area contributed by atoms with Gasteiger partial charge in [0.05, 0.1) is 13.2 Å². The molecule has 0 bridgehead atoms. The lowest BCUT2D eigenvalue weighted by Gasteiger charge is -2.26. The van der Waals surface area contributed by atoms with E-state index in [9.17, 15) is 10.2 Å². The summed E-state index contributed by atoms with van der Waals surface area (Å²) in [4.78, 5) is 1.98. The third kappa shape index (κ3) is 3.12. The Bertz CT molecular complexity index is 549. The fourth-order valence-electron chi connectivity index (χ4n) is 2.32. The highest BCUT2D eigenvalue weighted by molar-refractivity contribution is 7.08. The van der Waals surface area contributed by atoms with Crippen LogP contribution >= 0.6 is 11.3 Å². The Hall–Kier alpha value is -1.56. The fourth-order valence-corrected chi connectivity index (χ4v) is 2.98. The second-order valence-corrected chi connectivity index (χ2v) is 5.45. The first-order valence-corrected chi connectivity index (χ1v) is 7.51. The van der Waals surface area contributed by atoms with Gasteiger partial charge in [0.15, 0.2) is 0 Å². The lowest BCUT2D eigenvalue weighted by atomic mass is 10.0. The van der Waals surface area contributed by atoms with Gasteiger partial charge in [0.2, 0.25) is 0 Å². The molecule has 0 saturated carbocycles. The van der Waals surface area contributed by atoms with Gasteiger partial charge in [-0.25, -0.2) is 0 Å². The van der Waals surface area contributed by atoms with Crippen molar-refractivity contribution in [1.82, 2.24) is 0 Å². The van der Waals surface area contributed by atoms with Crippen LogP contribution in [0, 0.1) is 6.92 Å². The van der Waals surface area contributed by atoms with E-state index in [1.165, 1.54) is 0 Å². The van der Waals surface area contributed by atoms with Crippen LogP contribution in [0.2, 0.25) is 0 Å². The summed E-state index contributed by atoms with van der Waals surface area (Å²) in [7, 11) is 0. The molecule has 108 valence electrons. The molecule has 1 aromatic carbocycles. The van der Waals surface area contributed by atoms with Gasteiger partial charge in [0, 0.05) is 30.0 Å². The van der Waals surface area contributed by atoms with Gasteiger partial charge in [-0.3, -0.25) is 0 Å². The van der Waals surface area contributed by atoms with E-state index < -0.39 is 0 Å². The summed E-state index contributed by atoms with van der Waals surface area (Å²) in [6, 6.07) is 6.03. The summed E-state index contributed by atoms with van der Waals surface area (Å²) in [5.74, 6) is 0. The molecule has 0 unspecified atom stereocenters. The van der Waals surface area contributed by atoms with E-state index in [1.807, 2.05) is 35.4 Å². The number of anilines is 2. The van der Waals surface area contributed by atoms with Crippen LogP contribution in [0.4, 0.5) is 11.4 Å². The van der Waals surface area contributed by atoms with Crippen LogP contribution in [-0.2, 0) is 0 Å². The van der Waals surface area contributed by atoms with Crippen molar-refractivity contribution in [3.05, 3.63) is 34.5 Å². The number of hydrogen-bond donors (Lipinski definition) is 3. The van der Waals surface area contributed by atoms with Gasteiger partial charge >= 0.3 is 0 Å². The number of aliphatic hydroxyl groups excluding tert-OH is 2. The standard InChI is InChI=1S/C15H20N2O2S/c1-11-8-14(16)13(12-2-7-20-10-12)9-15(11)17(3-5-18)4-6-19/h2,7-10,18-19H,3-6,16H2,1H3. The van der Waals surface area contributed by atoms with Crippen LogP contribution in [-0.4, -0.2) is 36.5 Å². The monoisotopic (exact) mass is 292 g/mol. The number of thiophene rings is 1. The molecule has 2 rings (SSSR count). The van der Waals surface area contributed by atoms with E-state index in [0.717, 1.165) is 28.1 Å². The molecule has 0 saturated heterocycles. The molecule has 0 spiro atoms. The highest BCUT2D eigenvalue weighted by atomic mass is 32.1. The zero-order chi connectivity index (χ0) is 14.5. The molecule has 0 fully saturated rings. The summed E-state index contributed by atoms with van der Waals surface area (Å²) in [5, 5.41) is 22.4. The van der Waals surface area contributed by atoms with Crippen molar-refractivity contribution >= 4 is 22.7 Å². The van der Waals surface area contributed by atoms with Crippen LogP contribution in [0.15, 0.2) is 29.0 Å². The van der Waals surface area contributed by atoms with Crippen molar-refractivity contribution in [1.29, 1.82) is 0 Å². The molecule has 0 aliphatic heterocycles. The highest BCUT2D eigenvalue weighted by Gasteiger charge is 2.13. The smallest absolute Gasteiger partial charge is 0.0606 e. The molecule has 4 N–H and O–H groups in total. The summed E-state index contributed by atoms with van der Waals surface area (Å²) >= 11 is 1.63. The SMILES string of the molecule is Cc1cc(N)c(-c2ccsc2)cc1N(CCO)CCO. The fraction of sp³-hybridized carbons (Fsp3) is 0.333. The minimum absolute atomic E-state index is 0.0532. The van der Waals surface area contributed by atoms with Crippen LogP contribution in [0.5, 0.6) is 0 Å². The Labute approximate surface area is 123 Å². The van der Waals surface area contributed by atoms with Gasteiger partial charge in [-0.05, 0) is 47.0 Å². The van der Waals surface area contributed by atoms with Gasteiger partial charge in [-0.1, -0.05) is 0 Å². The number of benzene rings is 1. The summed E-state index contributed by atoms with van der Waals surface area (Å²) in [5.41, 5.74) is 11.0. The van der Waals surface area contributed by atoms with E-state index >= 15 is 0 Å². The summed E-state index contributed by atoms with van der Waals surface area (Å²) in [6.07, 6.45) is 0. The zero-order valence-electron chi connectivity index (χ0n) is 11.5. The lowest BCUT2D eigenvalue weighted by Crippen LogP contribution is -2.30. The van der Waals surface area contributed by atoms with Gasteiger partial charge in [-0.15, -0.1) is 0 Å². The second kappa shape index (κ2) is 6.74. The molecule has 0 amide bonds. The Morgan fingerprint density at radius 2 is 1.90 bits per heavy atom. The predicted molar refractivity (Wildman–Crippen MR) is 85.3 cm³/mol. The number of nitrogens with zero attached hydrogens (tertiary/aromatic N) is 1. The minimum Gasteiger partial charge on any atom is -0.398 e. The van der Waals surface area contributed by atoms with E-state index in [-0.39, 0.29) is 13.2 Å². The molecule has 1 aromatic heterocycles. The van der Waals surface area contributed by atoms with E-state index in [4.69, 9.17) is 5.73 Å². The quantitative estimate of drug-likeness (QED) is 0.713. The number of aliphatic hydroxyl groups is 2. The Morgan fingerprint density at radius 3 is 2.45 bits per heavy atom. The Morgan fingerprint density at radius 1 is 1.20 bits per heavy atom. The average Bonchev–Trinajstić information content (AvgIpc) is 2.92. The normalized spacial score (nSPS) is 10.8. The first kappa shape index (κ1) is 14.8. The maximum absolute atomic E-state index is 9.18. The molecule has 1 heterocycles. The third-order valence-corrected chi connectivity index (χ3v) is 3.96. The van der Waals surface area contributed by atoms with E-state index in [0.29, 0.717) is 13.1 Å². The molecule has 2 aromatic rings. The molecule has 4 nitrogen and oxygen atoms in total. The molecule has 5 heteroatoms. The van der Waals surface area contributed by atoms with Crippen molar-refractivity contribution < 1.29 is 10.2 Å². The predicted octanol–water partition coefficient (Wildman–Crippen LogP) is 2.10. The third-order valence-electron chi connectivity index (χ3n) is 3.28. The highest BCUT2D eigenvalue weighted by Crippen LogP contribution is 2.34. The maximum Gasteiger partial charge on any atom is 0.0606 e. The molecule has 20 heavy (non-hydrogen) atoms. The summed E-state index contributed by atoms with van der Waals surface area (Å²) in [6.45, 7) is 3.09. The maximum atomic E-state index is 9.18. The molecule has 0 atom stereocenters. The zero-order valence-corrected chi connectivity index (χ0v) is 12.4. The Kier molecular flexibility index (Phi) is 5.00. The number of rotatable bonds is 6. The summed E-state index contributed by atoms with van der Waals surface area (Å²) < 4.78 is 0. The number of aryl methyl sites for hydroxylation is 1. The molecule has 0 radical (unpaired) electrons. The van der Waals surface area contributed by atoms with Crippen LogP contribution in [0.3, 0.4) is 0 Å². The largest absolute Gasteiger partial charge is 0.398 e. The number of hydrogen-bond acceptors (Lipinski definition) is 5. The van der Waals surface area contributed by atoms with E-state index in [2.05, 4.69) is 5.38 Å². The average molecular weight is 292 g/mol. The first-order valence-electron chi connectivity index (χ1n) is 6.56. The second-order valence-electron chi connectivity index (χ2n) is 4.67. The van der Waals surface area contributed by atoms with Gasteiger partial charge in [-0.2, -0.15) is 11.3 Å². The molecular formula is C15H20N2O2S. The van der Waals surface area contributed by atoms with Gasteiger partial charge in [0.1, 0.15) is 0 Å².